The van der Waals surface area contributed by atoms with E-state index in [1.807, 2.05) is 18.2 Å². The van der Waals surface area contributed by atoms with Crippen molar-refractivity contribution < 1.29 is 9.47 Å². The van der Waals surface area contributed by atoms with Gasteiger partial charge in [0.25, 0.3) is 0 Å². The molecule has 0 atom stereocenters. The van der Waals surface area contributed by atoms with Crippen molar-refractivity contribution in [2.45, 2.75) is 26.3 Å². The van der Waals surface area contributed by atoms with Gasteiger partial charge in [0.05, 0.1) is 20.8 Å². The lowest BCUT2D eigenvalue weighted by Crippen LogP contribution is -2.42. The Hall–Kier alpha value is -1.22. The molecule has 0 unspecified atom stereocenters. The molecule has 2 N–H and O–H groups in total. The Morgan fingerprint density at radius 1 is 1.19 bits per heavy atom. The summed E-state index contributed by atoms with van der Waals surface area (Å²) in [6.07, 6.45) is 2.49. The maximum absolute atomic E-state index is 5.45. The Bertz CT molecular complexity index is 560. The van der Waals surface area contributed by atoms with Crippen molar-refractivity contribution in [1.82, 2.24) is 15.5 Å². The zero-order valence-electron chi connectivity index (χ0n) is 16.4. The minimum atomic E-state index is 0. The van der Waals surface area contributed by atoms with Gasteiger partial charge in [0.2, 0.25) is 0 Å². The Balaban J connectivity index is 0.00000338. The maximum Gasteiger partial charge on any atom is 0.191 e. The van der Waals surface area contributed by atoms with Gasteiger partial charge in [-0.3, -0.25) is 0 Å². The van der Waals surface area contributed by atoms with Crippen LogP contribution in [0.1, 0.15) is 25.3 Å². The average molecular weight is 476 g/mol. The molecule has 0 saturated carbocycles. The molecule has 1 aliphatic heterocycles. The third-order valence-electron chi connectivity index (χ3n) is 4.64. The summed E-state index contributed by atoms with van der Waals surface area (Å²) in [5, 5.41) is 6.81. The SMILES string of the molecule is CCNC(=NCc1ccc(OC)cc1OC)NCC1CCN(C)CC1.I. The van der Waals surface area contributed by atoms with Crippen molar-refractivity contribution in [1.29, 1.82) is 0 Å². The van der Waals surface area contributed by atoms with Crippen molar-refractivity contribution in [2.24, 2.45) is 10.9 Å². The largest absolute Gasteiger partial charge is 0.497 e. The number of ether oxygens (including phenoxy) is 2. The molecule has 148 valence electrons. The predicted molar refractivity (Wildman–Crippen MR) is 118 cm³/mol. The average Bonchev–Trinajstić information content (AvgIpc) is 2.65. The van der Waals surface area contributed by atoms with Gasteiger partial charge >= 0.3 is 0 Å². The summed E-state index contributed by atoms with van der Waals surface area (Å²) in [5.74, 6) is 3.17. The van der Waals surface area contributed by atoms with E-state index in [2.05, 4.69) is 29.5 Å². The number of guanidine groups is 1. The first-order chi connectivity index (χ1) is 12.2. The van der Waals surface area contributed by atoms with Crippen molar-refractivity contribution in [3.8, 4) is 11.5 Å². The van der Waals surface area contributed by atoms with Crippen LogP contribution in [0.5, 0.6) is 11.5 Å². The highest BCUT2D eigenvalue weighted by atomic mass is 127. The molecule has 1 aromatic carbocycles. The number of methoxy groups -OCH3 is 2. The number of hydrogen-bond donors (Lipinski definition) is 2. The number of halogens is 1. The van der Waals surface area contributed by atoms with Crippen molar-refractivity contribution in [3.05, 3.63) is 23.8 Å². The summed E-state index contributed by atoms with van der Waals surface area (Å²) in [6.45, 7) is 6.83. The van der Waals surface area contributed by atoms with E-state index in [9.17, 15) is 0 Å². The molecule has 0 aromatic heterocycles. The van der Waals surface area contributed by atoms with Crippen LogP contribution in [0, 0.1) is 5.92 Å². The van der Waals surface area contributed by atoms with Crippen LogP contribution in [0.25, 0.3) is 0 Å². The van der Waals surface area contributed by atoms with Gasteiger partial charge in [0, 0.05) is 24.7 Å². The summed E-state index contributed by atoms with van der Waals surface area (Å²) in [4.78, 5) is 7.10. The second-order valence-electron chi connectivity index (χ2n) is 6.50. The molecule has 1 saturated heterocycles. The highest BCUT2D eigenvalue weighted by Crippen LogP contribution is 2.25. The first-order valence-corrected chi connectivity index (χ1v) is 9.07. The summed E-state index contributed by atoms with van der Waals surface area (Å²) in [7, 11) is 5.52. The molecule has 1 aromatic rings. The van der Waals surface area contributed by atoms with E-state index in [0.717, 1.165) is 42.0 Å². The third-order valence-corrected chi connectivity index (χ3v) is 4.64. The van der Waals surface area contributed by atoms with Crippen LogP contribution in [0.2, 0.25) is 0 Å². The van der Waals surface area contributed by atoms with Crippen molar-refractivity contribution in [2.75, 3.05) is 47.4 Å². The summed E-state index contributed by atoms with van der Waals surface area (Å²) in [6, 6.07) is 5.83. The number of nitrogens with zero attached hydrogens (tertiary/aromatic N) is 2. The molecule has 0 bridgehead atoms. The quantitative estimate of drug-likeness (QED) is 0.360. The molecule has 6 nitrogen and oxygen atoms in total. The first kappa shape index (κ1) is 22.8. The molecule has 2 rings (SSSR count). The molecule has 0 spiro atoms. The van der Waals surface area contributed by atoms with E-state index < -0.39 is 0 Å². The topological polar surface area (TPSA) is 58.1 Å². The fourth-order valence-corrected chi connectivity index (χ4v) is 3.00. The fraction of sp³-hybridized carbons (Fsp3) is 0.632. The third kappa shape index (κ3) is 7.19. The van der Waals surface area contributed by atoms with E-state index in [-0.39, 0.29) is 24.0 Å². The van der Waals surface area contributed by atoms with Gasteiger partial charge in [-0.25, -0.2) is 4.99 Å². The standard InChI is InChI=1S/C19H32N4O2.HI/c1-5-20-19(21-13-15-8-10-23(2)11-9-15)22-14-16-6-7-17(24-3)12-18(16)25-4;/h6-7,12,15H,5,8-11,13-14H2,1-4H3,(H2,20,21,22);1H. The van der Waals surface area contributed by atoms with Gasteiger partial charge in [-0.2, -0.15) is 0 Å². The number of hydrogen-bond acceptors (Lipinski definition) is 4. The summed E-state index contributed by atoms with van der Waals surface area (Å²) < 4.78 is 10.7. The lowest BCUT2D eigenvalue weighted by atomic mass is 9.97. The van der Waals surface area contributed by atoms with Crippen molar-refractivity contribution in [3.63, 3.8) is 0 Å². The molecule has 1 aliphatic rings. The highest BCUT2D eigenvalue weighted by Gasteiger charge is 2.16. The molecule has 0 amide bonds. The van der Waals surface area contributed by atoms with E-state index in [0.29, 0.717) is 6.54 Å². The number of piperidine rings is 1. The smallest absolute Gasteiger partial charge is 0.191 e. The van der Waals surface area contributed by atoms with Gasteiger partial charge in [-0.05, 0) is 58.0 Å². The molecule has 26 heavy (non-hydrogen) atoms. The summed E-state index contributed by atoms with van der Waals surface area (Å²) >= 11 is 0. The monoisotopic (exact) mass is 476 g/mol. The molecular formula is C19H33IN4O2. The fourth-order valence-electron chi connectivity index (χ4n) is 3.00. The normalized spacial score (nSPS) is 15.9. The zero-order valence-corrected chi connectivity index (χ0v) is 18.7. The minimum Gasteiger partial charge on any atom is -0.497 e. The van der Waals surface area contributed by atoms with Gasteiger partial charge in [0.15, 0.2) is 5.96 Å². The second-order valence-corrected chi connectivity index (χ2v) is 6.50. The minimum absolute atomic E-state index is 0. The van der Waals surface area contributed by atoms with Crippen LogP contribution >= 0.6 is 24.0 Å². The second kappa shape index (κ2) is 12.2. The van der Waals surface area contributed by atoms with Crippen LogP contribution in [0.3, 0.4) is 0 Å². The zero-order chi connectivity index (χ0) is 18.1. The number of nitrogens with one attached hydrogen (secondary N) is 2. The highest BCUT2D eigenvalue weighted by molar-refractivity contribution is 14.0. The first-order valence-electron chi connectivity index (χ1n) is 9.07. The molecule has 1 heterocycles. The van der Waals surface area contributed by atoms with Gasteiger partial charge in [-0.15, -0.1) is 24.0 Å². The number of aliphatic imine (C=N–C) groups is 1. The van der Waals surface area contributed by atoms with Crippen LogP contribution < -0.4 is 20.1 Å². The number of rotatable bonds is 7. The molecule has 7 heteroatoms. The predicted octanol–water partition coefficient (Wildman–Crippen LogP) is 2.72. The number of benzene rings is 1. The van der Waals surface area contributed by atoms with E-state index in [4.69, 9.17) is 14.5 Å². The Morgan fingerprint density at radius 2 is 1.92 bits per heavy atom. The van der Waals surface area contributed by atoms with Gasteiger partial charge in [0.1, 0.15) is 11.5 Å². The van der Waals surface area contributed by atoms with Crippen LogP contribution in [0.4, 0.5) is 0 Å². The van der Waals surface area contributed by atoms with E-state index >= 15 is 0 Å². The Labute approximate surface area is 174 Å². The van der Waals surface area contributed by atoms with Crippen LogP contribution in [-0.2, 0) is 6.54 Å². The molecule has 0 radical (unpaired) electrons. The summed E-state index contributed by atoms with van der Waals surface area (Å²) in [5.41, 5.74) is 1.04. The number of likely N-dealkylation sites (tertiary alicyclic amines) is 1. The lowest BCUT2D eigenvalue weighted by Gasteiger charge is -2.29. The van der Waals surface area contributed by atoms with E-state index in [1.165, 1.54) is 25.9 Å². The molecular weight excluding hydrogens is 443 g/mol. The lowest BCUT2D eigenvalue weighted by molar-refractivity contribution is 0.220. The van der Waals surface area contributed by atoms with E-state index in [1.54, 1.807) is 14.2 Å². The maximum atomic E-state index is 5.45. The van der Waals surface area contributed by atoms with Crippen LogP contribution in [-0.4, -0.2) is 58.3 Å². The Morgan fingerprint density at radius 3 is 2.54 bits per heavy atom. The van der Waals surface area contributed by atoms with Gasteiger partial charge in [-0.1, -0.05) is 0 Å². The molecule has 0 aliphatic carbocycles. The van der Waals surface area contributed by atoms with Gasteiger partial charge < -0.3 is 25.0 Å². The Kier molecular flexibility index (Phi) is 10.7. The van der Waals surface area contributed by atoms with Crippen LogP contribution in [0.15, 0.2) is 23.2 Å². The van der Waals surface area contributed by atoms with Crippen molar-refractivity contribution >= 4 is 29.9 Å². The molecule has 1 fully saturated rings.